The summed E-state index contributed by atoms with van der Waals surface area (Å²) >= 11 is 0. The predicted molar refractivity (Wildman–Crippen MR) is 261 cm³/mol. The topological polar surface area (TPSA) is 21.7 Å². The molecule has 1 heterocycles. The van der Waals surface area contributed by atoms with E-state index in [1.165, 1.54) is 66.8 Å². The van der Waals surface area contributed by atoms with Gasteiger partial charge in [-0.2, -0.15) is 0 Å². The summed E-state index contributed by atoms with van der Waals surface area (Å²) in [6, 6.07) is 64.3. The quantitative estimate of drug-likeness (QED) is 0.167. The van der Waals surface area contributed by atoms with Crippen LogP contribution in [-0.4, -0.2) is 0 Å². The fraction of sp³-hybridized carbons (Fsp3) is 0.0820. The van der Waals surface area contributed by atoms with Gasteiger partial charge in [-0.15, -0.1) is 0 Å². The van der Waals surface area contributed by atoms with Gasteiger partial charge in [0, 0.05) is 28.9 Å². The van der Waals surface area contributed by atoms with Crippen molar-refractivity contribution in [1.82, 2.24) is 0 Å². The Labute approximate surface area is 374 Å². The molecule has 1 spiro atoms. The lowest BCUT2D eigenvalue weighted by Gasteiger charge is -2.31. The summed E-state index contributed by atoms with van der Waals surface area (Å²) in [5.41, 5.74) is 18.9. The largest absolute Gasteiger partial charge is 0.449 e. The van der Waals surface area contributed by atoms with Crippen LogP contribution in [0.25, 0.3) is 39.0 Å². The van der Waals surface area contributed by atoms with E-state index < -0.39 is 5.41 Å². The number of hydrogen-bond donors (Lipinski definition) is 0. The molecule has 1 atom stereocenters. The number of rotatable bonds is 6. The van der Waals surface area contributed by atoms with Crippen molar-refractivity contribution >= 4 is 22.6 Å². The molecule has 8 aromatic carbocycles. The van der Waals surface area contributed by atoms with E-state index in [9.17, 15) is 0 Å². The highest BCUT2D eigenvalue weighted by molar-refractivity contribution is 5.98. The van der Waals surface area contributed by atoms with Crippen molar-refractivity contribution in [3.8, 4) is 56.4 Å². The lowest BCUT2D eigenvalue weighted by molar-refractivity contribution is 0.360. The van der Waals surface area contributed by atoms with E-state index in [4.69, 9.17) is 9.47 Å². The summed E-state index contributed by atoms with van der Waals surface area (Å²) < 4.78 is 14.1. The zero-order valence-corrected chi connectivity index (χ0v) is 35.2. The fourth-order valence-electron chi connectivity index (χ4n) is 11.1. The summed E-state index contributed by atoms with van der Waals surface area (Å²) in [7, 11) is 0. The first-order valence-electron chi connectivity index (χ1n) is 22.5. The zero-order valence-electron chi connectivity index (χ0n) is 35.2. The minimum Gasteiger partial charge on any atom is -0.449 e. The monoisotopic (exact) mass is 821 g/mol. The number of allylic oxidation sites excluding steroid dienone is 8. The molecule has 0 fully saturated rings. The molecule has 4 aliphatic carbocycles. The van der Waals surface area contributed by atoms with E-state index in [1.54, 1.807) is 0 Å². The summed E-state index contributed by atoms with van der Waals surface area (Å²) in [6.07, 6.45) is 18.6. The van der Waals surface area contributed by atoms with Gasteiger partial charge in [0.15, 0.2) is 23.0 Å². The number of anilines is 3. The first-order chi connectivity index (χ1) is 31.7. The van der Waals surface area contributed by atoms with Crippen LogP contribution < -0.4 is 14.4 Å². The van der Waals surface area contributed by atoms with Crippen LogP contribution >= 0.6 is 0 Å². The standard InChI is InChI=1S/C61H43NO2/c1-4-17-40(18-5-1)43-23-16-24-46(36-43)62(48-37-44(41-19-6-2-7-20-41)35-45(38-48)42-21-8-3-9-22-42)47-31-33-56-58(39-47)63-57-34-32-55-59(60(57)64-56)51-27-12-15-30-54(51)61(55)52-28-13-10-25-49(52)50-26-11-14-29-53(50)61/h1-8,10-17,19-21,23-40H,9,18,22H2. The third-order valence-corrected chi connectivity index (χ3v) is 13.9. The van der Waals surface area contributed by atoms with Crippen molar-refractivity contribution in [2.24, 2.45) is 0 Å². The molecule has 13 rings (SSSR count). The first kappa shape index (κ1) is 36.7. The third kappa shape index (κ3) is 5.60. The Hall–Kier alpha value is -7.88. The molecule has 0 N–H and O–H groups in total. The van der Waals surface area contributed by atoms with E-state index in [2.05, 4.69) is 223 Å². The fourth-order valence-corrected chi connectivity index (χ4v) is 11.1. The minimum atomic E-state index is -0.461. The summed E-state index contributed by atoms with van der Waals surface area (Å²) in [4.78, 5) is 2.39. The SMILES string of the molecule is C1=CCCC(c2cc(-c3ccccc3)cc(N(c3cccc(C4C=CC=CC4)c3)c3ccc4c(c3)Oc3ccc5c(c3O4)-c3ccccc3C53c4ccccc4-c4ccccc43)c2)=C1. The van der Waals surface area contributed by atoms with Crippen LogP contribution in [0.3, 0.4) is 0 Å². The Kier molecular flexibility index (Phi) is 8.39. The van der Waals surface area contributed by atoms with Gasteiger partial charge < -0.3 is 14.4 Å². The van der Waals surface area contributed by atoms with Crippen molar-refractivity contribution in [2.45, 2.75) is 30.6 Å². The van der Waals surface area contributed by atoms with E-state index in [1.807, 2.05) is 0 Å². The van der Waals surface area contributed by atoms with Crippen LogP contribution in [0.4, 0.5) is 17.1 Å². The maximum absolute atomic E-state index is 7.10. The second kappa shape index (κ2) is 14.6. The second-order valence-corrected chi connectivity index (χ2v) is 17.4. The van der Waals surface area contributed by atoms with Crippen molar-refractivity contribution in [2.75, 3.05) is 4.90 Å². The molecule has 3 heteroatoms. The van der Waals surface area contributed by atoms with Gasteiger partial charge in [-0.05, 0) is 135 Å². The smallest absolute Gasteiger partial charge is 0.178 e. The van der Waals surface area contributed by atoms with E-state index in [-0.39, 0.29) is 0 Å². The highest BCUT2D eigenvalue weighted by Crippen LogP contribution is 2.66. The molecule has 8 aromatic rings. The van der Waals surface area contributed by atoms with Gasteiger partial charge in [0.1, 0.15) is 0 Å². The normalized spacial score (nSPS) is 16.4. The Balaban J connectivity index is 0.959. The van der Waals surface area contributed by atoms with Gasteiger partial charge in [-0.25, -0.2) is 0 Å². The lowest BCUT2D eigenvalue weighted by atomic mass is 9.70. The van der Waals surface area contributed by atoms with Gasteiger partial charge in [-0.1, -0.05) is 164 Å². The number of fused-ring (bicyclic) bond motifs is 13. The van der Waals surface area contributed by atoms with E-state index >= 15 is 0 Å². The summed E-state index contributed by atoms with van der Waals surface area (Å²) in [5, 5.41) is 0. The molecular formula is C61H43NO2. The maximum Gasteiger partial charge on any atom is 0.178 e. The van der Waals surface area contributed by atoms with Crippen LogP contribution in [0.1, 0.15) is 58.6 Å². The Morgan fingerprint density at radius 3 is 1.95 bits per heavy atom. The molecule has 1 aliphatic heterocycles. The minimum absolute atomic E-state index is 0.311. The molecule has 64 heavy (non-hydrogen) atoms. The molecule has 0 radical (unpaired) electrons. The Morgan fingerprint density at radius 1 is 0.469 bits per heavy atom. The summed E-state index contributed by atoms with van der Waals surface area (Å²) in [5.74, 6) is 3.17. The van der Waals surface area contributed by atoms with E-state index in [0.29, 0.717) is 23.2 Å². The van der Waals surface area contributed by atoms with Crippen LogP contribution in [0.2, 0.25) is 0 Å². The van der Waals surface area contributed by atoms with Gasteiger partial charge >= 0.3 is 0 Å². The molecule has 0 aromatic heterocycles. The highest BCUT2D eigenvalue weighted by atomic mass is 16.6. The number of benzene rings is 8. The number of hydrogen-bond acceptors (Lipinski definition) is 3. The predicted octanol–water partition coefficient (Wildman–Crippen LogP) is 16.4. The Bertz CT molecular complexity index is 3290. The molecule has 0 amide bonds. The van der Waals surface area contributed by atoms with Crippen LogP contribution in [0, 0.1) is 0 Å². The van der Waals surface area contributed by atoms with Gasteiger partial charge in [0.05, 0.1) is 11.1 Å². The lowest BCUT2D eigenvalue weighted by Crippen LogP contribution is -2.25. The molecule has 0 saturated carbocycles. The van der Waals surface area contributed by atoms with Crippen LogP contribution in [-0.2, 0) is 5.41 Å². The van der Waals surface area contributed by atoms with Crippen molar-refractivity contribution < 1.29 is 9.47 Å². The molecule has 3 nitrogen and oxygen atoms in total. The van der Waals surface area contributed by atoms with Crippen LogP contribution in [0.5, 0.6) is 23.0 Å². The average molecular weight is 822 g/mol. The van der Waals surface area contributed by atoms with Gasteiger partial charge in [0.25, 0.3) is 0 Å². The molecule has 0 saturated heterocycles. The first-order valence-corrected chi connectivity index (χ1v) is 22.5. The second-order valence-electron chi connectivity index (χ2n) is 17.4. The summed E-state index contributed by atoms with van der Waals surface area (Å²) in [6.45, 7) is 0. The average Bonchev–Trinajstić information content (AvgIpc) is 3.84. The van der Waals surface area contributed by atoms with Gasteiger partial charge in [-0.3, -0.25) is 0 Å². The number of nitrogens with zero attached hydrogens (tertiary/aromatic N) is 1. The van der Waals surface area contributed by atoms with Crippen molar-refractivity contribution in [3.05, 3.63) is 252 Å². The Morgan fingerprint density at radius 2 is 1.19 bits per heavy atom. The molecule has 1 unspecified atom stereocenters. The number of ether oxygens (including phenoxy) is 2. The molecular weight excluding hydrogens is 779 g/mol. The molecule has 0 bridgehead atoms. The van der Waals surface area contributed by atoms with Gasteiger partial charge in [0.2, 0.25) is 0 Å². The van der Waals surface area contributed by atoms with Crippen molar-refractivity contribution in [3.63, 3.8) is 0 Å². The molecule has 5 aliphatic rings. The van der Waals surface area contributed by atoms with Crippen molar-refractivity contribution in [1.29, 1.82) is 0 Å². The molecule has 304 valence electrons. The van der Waals surface area contributed by atoms with Crippen LogP contribution in [0.15, 0.2) is 218 Å². The van der Waals surface area contributed by atoms with E-state index in [0.717, 1.165) is 47.6 Å². The zero-order chi connectivity index (χ0) is 42.2. The third-order valence-electron chi connectivity index (χ3n) is 13.9. The highest BCUT2D eigenvalue weighted by Gasteiger charge is 2.53. The maximum atomic E-state index is 7.10.